The predicted molar refractivity (Wildman–Crippen MR) is 94.9 cm³/mol. The average Bonchev–Trinajstić information content (AvgIpc) is 3.31. The Balaban J connectivity index is 2.16. The number of thiophene rings is 2. The minimum atomic E-state index is 0.774. The van der Waals surface area contributed by atoms with Gasteiger partial charge in [0.1, 0.15) is 22.1 Å². The number of aryl methyl sites for hydroxylation is 2. The van der Waals surface area contributed by atoms with Gasteiger partial charge in [-0.2, -0.15) is 0 Å². The molecule has 4 heterocycles. The molecule has 0 aliphatic heterocycles. The van der Waals surface area contributed by atoms with E-state index in [1.807, 2.05) is 0 Å². The molecule has 0 aliphatic rings. The minimum Gasteiger partial charge on any atom is -0.243 e. The predicted octanol–water partition coefficient (Wildman–Crippen LogP) is 4.96. The Morgan fingerprint density at radius 2 is 1.00 bits per heavy atom. The molecule has 0 bridgehead atoms. The molecule has 0 fully saturated rings. The molecule has 0 unspecified atom stereocenters. The zero-order valence-corrected chi connectivity index (χ0v) is 14.2. The van der Waals surface area contributed by atoms with E-state index in [0.717, 1.165) is 64.1 Å². The summed E-state index contributed by atoms with van der Waals surface area (Å²) in [5, 5.41) is 25.2. The summed E-state index contributed by atoms with van der Waals surface area (Å²) in [4.78, 5) is 0. The molecule has 0 aliphatic carbocycles. The lowest BCUT2D eigenvalue weighted by atomic mass is 10.00. The molecule has 0 radical (unpaired) electrons. The van der Waals surface area contributed by atoms with E-state index in [0.29, 0.717) is 0 Å². The Kier molecular flexibility index (Phi) is 2.18. The maximum absolute atomic E-state index is 5.10. The van der Waals surface area contributed by atoms with Crippen molar-refractivity contribution in [3.8, 4) is 0 Å². The van der Waals surface area contributed by atoms with Crippen molar-refractivity contribution in [2.75, 3.05) is 0 Å². The highest BCUT2D eigenvalue weighted by Crippen LogP contribution is 2.46. The second-order valence-electron chi connectivity index (χ2n) is 5.92. The Hall–Kier alpha value is -2.58. The second-order valence-corrected chi connectivity index (χ2v) is 7.68. The molecule has 2 aromatic carbocycles. The van der Waals surface area contributed by atoms with E-state index >= 15 is 0 Å². The number of aromatic nitrogens is 4. The van der Waals surface area contributed by atoms with Gasteiger partial charge in [0, 0.05) is 30.9 Å². The van der Waals surface area contributed by atoms with Crippen molar-refractivity contribution in [3.05, 3.63) is 21.9 Å². The normalized spacial score (nSPS) is 12.6. The fourth-order valence-electron chi connectivity index (χ4n) is 3.56. The van der Waals surface area contributed by atoms with Crippen LogP contribution in [0.3, 0.4) is 0 Å². The van der Waals surface area contributed by atoms with Crippen molar-refractivity contribution in [1.82, 2.24) is 20.6 Å². The molecule has 0 N–H and O–H groups in total. The summed E-state index contributed by atoms with van der Waals surface area (Å²) < 4.78 is 12.5. The van der Waals surface area contributed by atoms with Crippen molar-refractivity contribution >= 4 is 75.7 Å². The molecule has 0 saturated heterocycles. The topological polar surface area (TPSA) is 77.8 Å². The number of nitrogens with zero attached hydrogens (tertiary/aromatic N) is 4. The van der Waals surface area contributed by atoms with Crippen LogP contribution < -0.4 is 0 Å². The van der Waals surface area contributed by atoms with Gasteiger partial charge < -0.3 is 0 Å². The summed E-state index contributed by atoms with van der Waals surface area (Å²) >= 11 is 3.36. The first-order chi connectivity index (χ1) is 11.8. The Labute approximate surface area is 141 Å². The van der Waals surface area contributed by atoms with Crippen LogP contribution in [0.4, 0.5) is 0 Å². The van der Waals surface area contributed by atoms with E-state index in [-0.39, 0.29) is 0 Å². The molecule has 4 aromatic heterocycles. The zero-order chi connectivity index (χ0) is 16.0. The Morgan fingerprint density at radius 3 is 1.42 bits per heavy atom. The lowest BCUT2D eigenvalue weighted by molar-refractivity contribution is 0.316. The summed E-state index contributed by atoms with van der Waals surface area (Å²) in [6, 6.07) is 0. The van der Waals surface area contributed by atoms with Crippen LogP contribution in [-0.4, -0.2) is 20.6 Å². The first kappa shape index (κ1) is 12.8. The number of fused-ring (bicyclic) bond motifs is 11. The van der Waals surface area contributed by atoms with Gasteiger partial charge in [-0.25, -0.2) is 9.26 Å². The van der Waals surface area contributed by atoms with Gasteiger partial charge in [0.15, 0.2) is 0 Å². The van der Waals surface area contributed by atoms with E-state index in [2.05, 4.69) is 45.2 Å². The molecule has 0 atom stereocenters. The minimum absolute atomic E-state index is 0.774. The first-order valence-corrected chi connectivity index (χ1v) is 9.09. The van der Waals surface area contributed by atoms with Crippen molar-refractivity contribution in [1.29, 1.82) is 0 Å². The average molecular weight is 352 g/mol. The van der Waals surface area contributed by atoms with Crippen molar-refractivity contribution in [3.63, 3.8) is 0 Å². The third kappa shape index (κ3) is 1.29. The highest BCUT2D eigenvalue weighted by Gasteiger charge is 2.24. The fourth-order valence-corrected chi connectivity index (χ4v) is 5.77. The fraction of sp³-hybridized carbons (Fsp3) is 0.125. The van der Waals surface area contributed by atoms with E-state index < -0.39 is 0 Å². The molecule has 116 valence electrons. The summed E-state index contributed by atoms with van der Waals surface area (Å²) in [5.74, 6) is 0. The quantitative estimate of drug-likeness (QED) is 0.384. The van der Waals surface area contributed by atoms with Crippen LogP contribution in [0, 0.1) is 13.8 Å². The standard InChI is InChI=1S/C16H8N4O2S2/c1-5-3-23-15-7(5)11-13(19-21-17-11)10-9(15)14-12(18-22-20-14)8-6(2)4-24-16(8)10/h3-4H,1-2H3. The van der Waals surface area contributed by atoms with Crippen LogP contribution in [0.2, 0.25) is 0 Å². The van der Waals surface area contributed by atoms with Gasteiger partial charge in [-0.05, 0) is 56.4 Å². The lowest BCUT2D eigenvalue weighted by Crippen LogP contribution is -1.84. The van der Waals surface area contributed by atoms with Crippen LogP contribution in [0.15, 0.2) is 20.0 Å². The van der Waals surface area contributed by atoms with Gasteiger partial charge in [-0.1, -0.05) is 0 Å². The molecule has 6 aromatic rings. The van der Waals surface area contributed by atoms with Crippen LogP contribution in [0.1, 0.15) is 11.1 Å². The van der Waals surface area contributed by atoms with Crippen LogP contribution >= 0.6 is 22.7 Å². The monoisotopic (exact) mass is 352 g/mol. The SMILES string of the molecule is Cc1csc2c1c1nonc1c1c3scc(C)c3c3nonc3c21. The maximum Gasteiger partial charge on any atom is 0.145 e. The molecule has 0 amide bonds. The van der Waals surface area contributed by atoms with E-state index in [9.17, 15) is 0 Å². The number of hydrogen-bond donors (Lipinski definition) is 0. The number of rotatable bonds is 0. The van der Waals surface area contributed by atoms with Gasteiger partial charge in [0.05, 0.1) is 0 Å². The molecule has 0 saturated carbocycles. The largest absolute Gasteiger partial charge is 0.243 e. The third-order valence-electron chi connectivity index (χ3n) is 4.58. The van der Waals surface area contributed by atoms with E-state index in [4.69, 9.17) is 9.26 Å². The second kappa shape index (κ2) is 4.08. The van der Waals surface area contributed by atoms with Crippen molar-refractivity contribution in [2.24, 2.45) is 0 Å². The van der Waals surface area contributed by atoms with Gasteiger partial charge in [-0.3, -0.25) is 0 Å². The van der Waals surface area contributed by atoms with E-state index in [1.165, 1.54) is 0 Å². The highest BCUT2D eigenvalue weighted by atomic mass is 32.1. The lowest BCUT2D eigenvalue weighted by Gasteiger charge is -2.04. The van der Waals surface area contributed by atoms with Gasteiger partial charge in [0.2, 0.25) is 0 Å². The molecule has 6 nitrogen and oxygen atoms in total. The summed E-state index contributed by atoms with van der Waals surface area (Å²) in [7, 11) is 0. The van der Waals surface area contributed by atoms with E-state index in [1.54, 1.807) is 22.7 Å². The highest BCUT2D eigenvalue weighted by molar-refractivity contribution is 7.20. The molecular formula is C16H8N4O2S2. The molecule has 8 heteroatoms. The van der Waals surface area contributed by atoms with Gasteiger partial charge >= 0.3 is 0 Å². The molecule has 6 rings (SSSR count). The smallest absolute Gasteiger partial charge is 0.145 e. The van der Waals surface area contributed by atoms with Gasteiger partial charge in [0.25, 0.3) is 0 Å². The van der Waals surface area contributed by atoms with Crippen LogP contribution in [0.25, 0.3) is 53.0 Å². The third-order valence-corrected chi connectivity index (χ3v) is 6.81. The Morgan fingerprint density at radius 1 is 0.625 bits per heavy atom. The zero-order valence-electron chi connectivity index (χ0n) is 12.6. The molecule has 24 heavy (non-hydrogen) atoms. The summed E-state index contributed by atoms with van der Waals surface area (Å²) in [5.41, 5.74) is 5.47. The molecular weight excluding hydrogens is 344 g/mol. The summed E-state index contributed by atoms with van der Waals surface area (Å²) in [6.07, 6.45) is 0. The Bertz CT molecular complexity index is 1330. The molecule has 0 spiro atoms. The van der Waals surface area contributed by atoms with Gasteiger partial charge in [-0.15, -0.1) is 22.7 Å². The van der Waals surface area contributed by atoms with Crippen molar-refractivity contribution in [2.45, 2.75) is 13.8 Å². The van der Waals surface area contributed by atoms with Crippen molar-refractivity contribution < 1.29 is 9.26 Å². The first-order valence-electron chi connectivity index (χ1n) is 7.33. The summed E-state index contributed by atoms with van der Waals surface area (Å²) in [6.45, 7) is 4.15. The number of hydrogen-bond acceptors (Lipinski definition) is 8. The number of benzene rings is 2. The van der Waals surface area contributed by atoms with Crippen LogP contribution in [0.5, 0.6) is 0 Å². The van der Waals surface area contributed by atoms with Crippen LogP contribution in [-0.2, 0) is 0 Å². The maximum atomic E-state index is 5.10.